The van der Waals surface area contributed by atoms with Gasteiger partial charge < -0.3 is 10.5 Å². The van der Waals surface area contributed by atoms with Crippen molar-refractivity contribution in [3.05, 3.63) is 24.3 Å². The molecule has 1 saturated heterocycles. The molecule has 22 heavy (non-hydrogen) atoms. The number of carbonyl (C=O) groups excluding carboxylic acids is 2. The topological polar surface area (TPSA) is 98.4 Å². The van der Waals surface area contributed by atoms with E-state index < -0.39 is 5.25 Å². The number of nitrogen functional groups attached to an aromatic ring is 1. The van der Waals surface area contributed by atoms with E-state index in [-0.39, 0.29) is 18.2 Å². The van der Waals surface area contributed by atoms with E-state index in [1.54, 1.807) is 31.4 Å². The van der Waals surface area contributed by atoms with E-state index >= 15 is 0 Å². The highest BCUT2D eigenvalue weighted by Gasteiger charge is 2.40. The molecule has 0 saturated carbocycles. The Hall–Kier alpha value is -2.13. The molecule has 2 N–H and O–H groups in total. The lowest BCUT2D eigenvalue weighted by Crippen LogP contribution is -2.31. The SMILES string of the molecule is COc1ccc(N2C(=O)C[C@H](Sc3nnc(N)s3)C2=O)cc1. The third-order valence-corrected chi connectivity index (χ3v) is 5.12. The average Bonchev–Trinajstić information content (AvgIpc) is 3.03. The maximum absolute atomic E-state index is 12.5. The van der Waals surface area contributed by atoms with Crippen LogP contribution in [0, 0.1) is 0 Å². The van der Waals surface area contributed by atoms with Crippen LogP contribution in [0.5, 0.6) is 5.75 Å². The quantitative estimate of drug-likeness (QED) is 0.846. The zero-order valence-corrected chi connectivity index (χ0v) is 13.2. The maximum Gasteiger partial charge on any atom is 0.247 e. The van der Waals surface area contributed by atoms with Crippen molar-refractivity contribution in [2.45, 2.75) is 16.0 Å². The molecule has 2 amide bonds. The Labute approximate surface area is 134 Å². The summed E-state index contributed by atoms with van der Waals surface area (Å²) >= 11 is 2.42. The Morgan fingerprint density at radius 3 is 2.64 bits per heavy atom. The summed E-state index contributed by atoms with van der Waals surface area (Å²) in [5.41, 5.74) is 6.06. The number of imide groups is 1. The third kappa shape index (κ3) is 2.77. The first-order valence-electron chi connectivity index (χ1n) is 6.35. The van der Waals surface area contributed by atoms with Gasteiger partial charge in [0.25, 0.3) is 0 Å². The molecule has 3 rings (SSSR count). The van der Waals surface area contributed by atoms with Crippen molar-refractivity contribution < 1.29 is 14.3 Å². The number of thioether (sulfide) groups is 1. The number of carbonyl (C=O) groups is 2. The number of rotatable bonds is 4. The zero-order valence-electron chi connectivity index (χ0n) is 11.6. The summed E-state index contributed by atoms with van der Waals surface area (Å²) in [6.45, 7) is 0. The van der Waals surface area contributed by atoms with E-state index in [2.05, 4.69) is 10.2 Å². The second kappa shape index (κ2) is 5.93. The number of ether oxygens (including phenoxy) is 1. The van der Waals surface area contributed by atoms with E-state index in [1.807, 2.05) is 0 Å². The van der Waals surface area contributed by atoms with Gasteiger partial charge in [0, 0.05) is 6.42 Å². The van der Waals surface area contributed by atoms with Crippen LogP contribution in [0.15, 0.2) is 28.6 Å². The fourth-order valence-electron chi connectivity index (χ4n) is 2.09. The van der Waals surface area contributed by atoms with Crippen molar-refractivity contribution in [3.8, 4) is 5.75 Å². The van der Waals surface area contributed by atoms with Crippen LogP contribution in [0.4, 0.5) is 10.8 Å². The molecule has 1 fully saturated rings. The minimum atomic E-state index is -0.498. The molecule has 9 heteroatoms. The van der Waals surface area contributed by atoms with Crippen molar-refractivity contribution in [1.82, 2.24) is 10.2 Å². The van der Waals surface area contributed by atoms with Gasteiger partial charge in [-0.25, -0.2) is 4.90 Å². The first kappa shape index (κ1) is 14.8. The van der Waals surface area contributed by atoms with Gasteiger partial charge in [-0.15, -0.1) is 10.2 Å². The second-order valence-corrected chi connectivity index (χ2v) is 6.94. The first-order valence-corrected chi connectivity index (χ1v) is 8.04. The molecule has 114 valence electrons. The van der Waals surface area contributed by atoms with Crippen LogP contribution in [0.1, 0.15) is 6.42 Å². The van der Waals surface area contributed by atoms with Crippen molar-refractivity contribution in [3.63, 3.8) is 0 Å². The molecule has 2 heterocycles. The summed E-state index contributed by atoms with van der Waals surface area (Å²) in [7, 11) is 1.56. The van der Waals surface area contributed by atoms with E-state index in [1.165, 1.54) is 28.0 Å². The number of amides is 2. The van der Waals surface area contributed by atoms with E-state index in [9.17, 15) is 9.59 Å². The lowest BCUT2D eigenvalue weighted by atomic mass is 10.3. The van der Waals surface area contributed by atoms with Gasteiger partial charge in [0.1, 0.15) is 11.0 Å². The number of methoxy groups -OCH3 is 1. The Morgan fingerprint density at radius 2 is 2.05 bits per heavy atom. The molecule has 1 aliphatic heterocycles. The lowest BCUT2D eigenvalue weighted by Gasteiger charge is -2.14. The molecule has 1 aromatic carbocycles. The fraction of sp³-hybridized carbons (Fsp3) is 0.231. The van der Waals surface area contributed by atoms with Crippen LogP contribution < -0.4 is 15.4 Å². The molecule has 2 aromatic rings. The van der Waals surface area contributed by atoms with Gasteiger partial charge in [0.2, 0.25) is 16.9 Å². The largest absolute Gasteiger partial charge is 0.497 e. The van der Waals surface area contributed by atoms with Gasteiger partial charge in [-0.3, -0.25) is 9.59 Å². The molecular weight excluding hydrogens is 324 g/mol. The van der Waals surface area contributed by atoms with Crippen molar-refractivity contribution >= 4 is 45.7 Å². The smallest absolute Gasteiger partial charge is 0.247 e. The molecule has 0 aliphatic carbocycles. The van der Waals surface area contributed by atoms with Crippen molar-refractivity contribution in [2.75, 3.05) is 17.7 Å². The number of nitrogens with two attached hydrogens (primary N) is 1. The Balaban J connectivity index is 1.78. The summed E-state index contributed by atoms with van der Waals surface area (Å²) in [5.74, 6) is 0.178. The summed E-state index contributed by atoms with van der Waals surface area (Å²) in [6.07, 6.45) is 0.134. The molecule has 0 unspecified atom stereocenters. The molecule has 0 spiro atoms. The summed E-state index contributed by atoms with van der Waals surface area (Å²) in [6, 6.07) is 6.79. The monoisotopic (exact) mass is 336 g/mol. The number of anilines is 2. The summed E-state index contributed by atoms with van der Waals surface area (Å²) in [5, 5.41) is 7.41. The minimum Gasteiger partial charge on any atom is -0.497 e. The third-order valence-electron chi connectivity index (χ3n) is 3.10. The molecule has 1 aromatic heterocycles. The van der Waals surface area contributed by atoms with Gasteiger partial charge in [-0.05, 0) is 24.3 Å². The van der Waals surface area contributed by atoms with Crippen LogP contribution in [0.25, 0.3) is 0 Å². The highest BCUT2D eigenvalue weighted by atomic mass is 32.2. The van der Waals surface area contributed by atoms with Gasteiger partial charge in [-0.1, -0.05) is 23.1 Å². The predicted octanol–water partition coefficient (Wildman–Crippen LogP) is 1.55. The normalized spacial score (nSPS) is 18.0. The molecule has 0 radical (unpaired) electrons. The molecule has 1 atom stereocenters. The van der Waals surface area contributed by atoms with Gasteiger partial charge in [-0.2, -0.15) is 0 Å². The van der Waals surface area contributed by atoms with Crippen molar-refractivity contribution in [1.29, 1.82) is 0 Å². The standard InChI is InChI=1S/C13H12N4O3S2/c1-20-8-4-2-7(3-5-8)17-10(18)6-9(11(17)19)21-13-16-15-12(14)22-13/h2-5,9H,6H2,1H3,(H2,14,15)/t9-/m0/s1. The number of hydrogen-bond acceptors (Lipinski definition) is 8. The Morgan fingerprint density at radius 1 is 1.32 bits per heavy atom. The molecule has 7 nitrogen and oxygen atoms in total. The first-order chi connectivity index (χ1) is 10.6. The van der Waals surface area contributed by atoms with Gasteiger partial charge >= 0.3 is 0 Å². The summed E-state index contributed by atoms with van der Waals surface area (Å²) < 4.78 is 5.65. The van der Waals surface area contributed by atoms with Crippen LogP contribution in [0.3, 0.4) is 0 Å². The lowest BCUT2D eigenvalue weighted by molar-refractivity contribution is -0.121. The summed E-state index contributed by atoms with van der Waals surface area (Å²) in [4.78, 5) is 25.8. The number of hydrogen-bond donors (Lipinski definition) is 1. The number of benzene rings is 1. The average molecular weight is 336 g/mol. The van der Waals surface area contributed by atoms with E-state index in [0.717, 1.165) is 0 Å². The van der Waals surface area contributed by atoms with E-state index in [4.69, 9.17) is 10.5 Å². The fourth-order valence-corrected chi connectivity index (χ4v) is 3.99. The minimum absolute atomic E-state index is 0.134. The van der Waals surface area contributed by atoms with Crippen LogP contribution in [-0.4, -0.2) is 34.4 Å². The van der Waals surface area contributed by atoms with Gasteiger partial charge in [0.05, 0.1) is 12.8 Å². The highest BCUT2D eigenvalue weighted by molar-refractivity contribution is 8.02. The predicted molar refractivity (Wildman–Crippen MR) is 84.1 cm³/mol. The number of aromatic nitrogens is 2. The van der Waals surface area contributed by atoms with E-state index in [0.29, 0.717) is 20.9 Å². The number of nitrogens with zero attached hydrogens (tertiary/aromatic N) is 3. The van der Waals surface area contributed by atoms with Crippen LogP contribution >= 0.6 is 23.1 Å². The highest BCUT2D eigenvalue weighted by Crippen LogP contribution is 2.35. The van der Waals surface area contributed by atoms with Crippen LogP contribution in [0.2, 0.25) is 0 Å². The van der Waals surface area contributed by atoms with Crippen LogP contribution in [-0.2, 0) is 9.59 Å². The Kier molecular flexibility index (Phi) is 3.99. The molecular formula is C13H12N4O3S2. The molecule has 1 aliphatic rings. The Bertz CT molecular complexity index is 716. The van der Waals surface area contributed by atoms with Crippen molar-refractivity contribution in [2.24, 2.45) is 0 Å². The molecule has 0 bridgehead atoms. The maximum atomic E-state index is 12.5. The zero-order chi connectivity index (χ0) is 15.7. The second-order valence-electron chi connectivity index (χ2n) is 4.48. The van der Waals surface area contributed by atoms with Gasteiger partial charge in [0.15, 0.2) is 4.34 Å².